The maximum absolute atomic E-state index is 13.2. The minimum absolute atomic E-state index is 0.0603. The molecule has 0 fully saturated rings. The molecule has 0 unspecified atom stereocenters. The minimum Gasteiger partial charge on any atom is -0.383 e. The molecule has 0 spiro atoms. The number of amides is 1. The Kier molecular flexibility index (Phi) is 6.23. The van der Waals surface area contributed by atoms with Crippen LogP contribution in [0.1, 0.15) is 27.3 Å². The van der Waals surface area contributed by atoms with E-state index in [1.807, 2.05) is 37.7 Å². The summed E-state index contributed by atoms with van der Waals surface area (Å²) in [5.41, 5.74) is 10.9. The van der Waals surface area contributed by atoms with Crippen LogP contribution in [0.5, 0.6) is 0 Å². The molecule has 0 aliphatic heterocycles. The third-order valence-electron chi connectivity index (χ3n) is 4.94. The summed E-state index contributed by atoms with van der Waals surface area (Å²) >= 11 is 0. The monoisotopic (exact) mass is 394 g/mol. The fraction of sp³-hybridized carbons (Fsp3) is 0.333. The van der Waals surface area contributed by atoms with E-state index in [1.54, 1.807) is 30.3 Å². The van der Waals surface area contributed by atoms with Gasteiger partial charge in [0.05, 0.1) is 30.4 Å². The smallest absolute Gasteiger partial charge is 0.254 e. The van der Waals surface area contributed by atoms with Gasteiger partial charge in [-0.05, 0) is 26.0 Å². The highest BCUT2D eigenvalue weighted by molar-refractivity contribution is 5.94. The Morgan fingerprint density at radius 2 is 1.93 bits per heavy atom. The molecule has 0 atom stereocenters. The molecule has 0 radical (unpaired) electrons. The summed E-state index contributed by atoms with van der Waals surface area (Å²) < 4.78 is 7.05. The average Bonchev–Trinajstić information content (AvgIpc) is 2.96. The lowest BCUT2D eigenvalue weighted by Gasteiger charge is -2.23. The second kappa shape index (κ2) is 8.83. The van der Waals surface area contributed by atoms with Crippen molar-refractivity contribution < 1.29 is 9.53 Å². The van der Waals surface area contributed by atoms with E-state index < -0.39 is 0 Å². The number of carbonyl (C=O) groups is 1. The van der Waals surface area contributed by atoms with Gasteiger partial charge < -0.3 is 15.4 Å². The summed E-state index contributed by atoms with van der Waals surface area (Å²) in [5, 5.41) is 4.45. The Morgan fingerprint density at radius 1 is 1.21 bits per heavy atom. The van der Waals surface area contributed by atoms with Gasteiger partial charge in [0.15, 0.2) is 0 Å². The van der Waals surface area contributed by atoms with Crippen LogP contribution in [0.2, 0.25) is 0 Å². The van der Waals surface area contributed by atoms with E-state index in [9.17, 15) is 4.79 Å². The molecule has 8 nitrogen and oxygen atoms in total. The van der Waals surface area contributed by atoms with Gasteiger partial charge in [0, 0.05) is 49.6 Å². The fourth-order valence-electron chi connectivity index (χ4n) is 3.18. The zero-order valence-electron chi connectivity index (χ0n) is 17.2. The lowest BCUT2D eigenvalue weighted by atomic mass is 10.1. The van der Waals surface area contributed by atoms with Gasteiger partial charge in [0.2, 0.25) is 0 Å². The second-order valence-electron chi connectivity index (χ2n) is 6.90. The molecule has 2 heterocycles. The fourth-order valence-corrected chi connectivity index (χ4v) is 3.18. The third kappa shape index (κ3) is 4.60. The van der Waals surface area contributed by atoms with Gasteiger partial charge in [-0.2, -0.15) is 5.10 Å². The summed E-state index contributed by atoms with van der Waals surface area (Å²) in [6, 6.07) is 7.30. The normalized spacial score (nSPS) is 10.9. The molecule has 0 bridgehead atoms. The molecule has 2 aromatic heterocycles. The maximum Gasteiger partial charge on any atom is 0.254 e. The molecule has 2 N–H and O–H groups in total. The number of ether oxygens (including phenoxy) is 1. The van der Waals surface area contributed by atoms with E-state index in [-0.39, 0.29) is 5.91 Å². The van der Waals surface area contributed by atoms with E-state index in [4.69, 9.17) is 10.5 Å². The van der Waals surface area contributed by atoms with Crippen LogP contribution in [0, 0.1) is 13.8 Å². The number of nitrogens with two attached hydrogens (primary N) is 1. The van der Waals surface area contributed by atoms with E-state index in [1.165, 1.54) is 6.20 Å². The van der Waals surface area contributed by atoms with Crippen LogP contribution in [0.4, 0.5) is 5.82 Å². The lowest BCUT2D eigenvalue weighted by molar-refractivity contribution is 0.0680. The van der Waals surface area contributed by atoms with Gasteiger partial charge in [-0.25, -0.2) is 4.98 Å². The predicted molar refractivity (Wildman–Crippen MR) is 111 cm³/mol. The van der Waals surface area contributed by atoms with Crippen LogP contribution < -0.4 is 5.73 Å². The standard InChI is InChI=1S/C21H26N6O2/c1-14-18(15(2)26(3)25-14)13-27(9-10-29-4)21(28)17-7-5-16(6-8-17)19-11-23-12-20(22)24-19/h5-8,11-12H,9-10,13H2,1-4H3,(H2,22,24). The van der Waals surface area contributed by atoms with Crippen molar-refractivity contribution in [2.24, 2.45) is 7.05 Å². The quantitative estimate of drug-likeness (QED) is 0.660. The van der Waals surface area contributed by atoms with Crippen molar-refractivity contribution in [1.29, 1.82) is 0 Å². The Hall–Kier alpha value is -3.26. The average molecular weight is 394 g/mol. The molecular formula is C21H26N6O2. The first-order chi connectivity index (χ1) is 13.9. The highest BCUT2D eigenvalue weighted by Crippen LogP contribution is 2.20. The lowest BCUT2D eigenvalue weighted by Crippen LogP contribution is -2.33. The molecule has 0 saturated carbocycles. The number of rotatable bonds is 7. The summed E-state index contributed by atoms with van der Waals surface area (Å²) in [5.74, 6) is 0.297. The summed E-state index contributed by atoms with van der Waals surface area (Å²) in [4.78, 5) is 23.3. The van der Waals surface area contributed by atoms with Gasteiger partial charge in [-0.15, -0.1) is 0 Å². The van der Waals surface area contributed by atoms with Crippen molar-refractivity contribution in [1.82, 2.24) is 24.6 Å². The topological polar surface area (TPSA) is 99.2 Å². The van der Waals surface area contributed by atoms with Crippen LogP contribution in [-0.2, 0) is 18.3 Å². The first-order valence-electron chi connectivity index (χ1n) is 9.36. The SMILES string of the molecule is COCCN(Cc1c(C)nn(C)c1C)C(=O)c1ccc(-c2cncc(N)n2)cc1. The van der Waals surface area contributed by atoms with E-state index in [0.717, 1.165) is 22.5 Å². The molecule has 8 heteroatoms. The van der Waals surface area contributed by atoms with E-state index in [0.29, 0.717) is 36.8 Å². The molecule has 0 saturated heterocycles. The number of anilines is 1. The van der Waals surface area contributed by atoms with Gasteiger partial charge in [0.25, 0.3) is 5.91 Å². The first-order valence-corrected chi connectivity index (χ1v) is 9.36. The van der Waals surface area contributed by atoms with E-state index in [2.05, 4.69) is 15.1 Å². The number of carbonyl (C=O) groups excluding carboxylic acids is 1. The van der Waals surface area contributed by atoms with Crippen molar-refractivity contribution >= 4 is 11.7 Å². The van der Waals surface area contributed by atoms with Crippen LogP contribution in [0.3, 0.4) is 0 Å². The summed E-state index contributed by atoms with van der Waals surface area (Å²) in [7, 11) is 3.54. The van der Waals surface area contributed by atoms with Crippen molar-refractivity contribution in [3.05, 3.63) is 59.2 Å². The number of benzene rings is 1. The molecule has 0 aliphatic rings. The molecule has 0 aliphatic carbocycles. The van der Waals surface area contributed by atoms with Crippen molar-refractivity contribution in [3.8, 4) is 11.3 Å². The maximum atomic E-state index is 13.2. The molecule has 3 aromatic rings. The zero-order chi connectivity index (χ0) is 21.0. The molecule has 1 amide bonds. The minimum atomic E-state index is -0.0603. The molecule has 152 valence electrons. The second-order valence-corrected chi connectivity index (χ2v) is 6.90. The molecular weight excluding hydrogens is 368 g/mol. The van der Waals surface area contributed by atoms with Crippen LogP contribution in [-0.4, -0.2) is 50.8 Å². The van der Waals surface area contributed by atoms with Crippen molar-refractivity contribution in [3.63, 3.8) is 0 Å². The molecule has 3 rings (SSSR count). The van der Waals surface area contributed by atoms with Crippen molar-refractivity contribution in [2.45, 2.75) is 20.4 Å². The highest BCUT2D eigenvalue weighted by Gasteiger charge is 2.20. The van der Waals surface area contributed by atoms with Crippen LogP contribution >= 0.6 is 0 Å². The van der Waals surface area contributed by atoms with Crippen LogP contribution in [0.15, 0.2) is 36.7 Å². The number of hydrogen-bond donors (Lipinski definition) is 1. The highest BCUT2D eigenvalue weighted by atomic mass is 16.5. The Labute approximate surface area is 170 Å². The number of nitrogens with zero attached hydrogens (tertiary/aromatic N) is 5. The third-order valence-corrected chi connectivity index (χ3v) is 4.94. The first kappa shape index (κ1) is 20.5. The summed E-state index contributed by atoms with van der Waals surface area (Å²) in [6.45, 7) is 5.40. The number of aromatic nitrogens is 4. The summed E-state index contributed by atoms with van der Waals surface area (Å²) in [6.07, 6.45) is 3.14. The Morgan fingerprint density at radius 3 is 2.52 bits per heavy atom. The predicted octanol–water partition coefficient (Wildman–Crippen LogP) is 2.36. The number of hydrogen-bond acceptors (Lipinski definition) is 6. The number of methoxy groups -OCH3 is 1. The van der Waals surface area contributed by atoms with Gasteiger partial charge in [-0.1, -0.05) is 12.1 Å². The molecule has 29 heavy (non-hydrogen) atoms. The number of aryl methyl sites for hydroxylation is 2. The van der Waals surface area contributed by atoms with Crippen molar-refractivity contribution in [2.75, 3.05) is 26.0 Å². The van der Waals surface area contributed by atoms with Gasteiger partial charge in [-0.3, -0.25) is 14.5 Å². The van der Waals surface area contributed by atoms with E-state index >= 15 is 0 Å². The van der Waals surface area contributed by atoms with Gasteiger partial charge in [0.1, 0.15) is 5.82 Å². The Balaban J connectivity index is 1.83. The Bertz CT molecular complexity index is 997. The largest absolute Gasteiger partial charge is 0.383 e. The number of nitrogen functional groups attached to an aromatic ring is 1. The van der Waals surface area contributed by atoms with Gasteiger partial charge >= 0.3 is 0 Å². The zero-order valence-corrected chi connectivity index (χ0v) is 17.2. The molecule has 1 aromatic carbocycles. The van der Waals surface area contributed by atoms with Crippen LogP contribution in [0.25, 0.3) is 11.3 Å².